The van der Waals surface area contributed by atoms with Crippen molar-refractivity contribution in [2.75, 3.05) is 7.11 Å². The van der Waals surface area contributed by atoms with Crippen LogP contribution in [0, 0.1) is 5.82 Å². The topological polar surface area (TPSA) is 81.0 Å². The summed E-state index contributed by atoms with van der Waals surface area (Å²) in [6, 6.07) is 15.7. The molecule has 1 N–H and O–H groups in total. The molecule has 0 aliphatic heterocycles. The Balaban J connectivity index is 1.50. The summed E-state index contributed by atoms with van der Waals surface area (Å²) in [6.45, 7) is 0. The fourth-order valence-corrected chi connectivity index (χ4v) is 3.65. The van der Waals surface area contributed by atoms with Crippen molar-refractivity contribution in [2.24, 2.45) is 0 Å². The second-order valence-electron chi connectivity index (χ2n) is 6.03. The van der Waals surface area contributed by atoms with Crippen LogP contribution in [0.5, 0.6) is 5.75 Å². The third-order valence-corrected chi connectivity index (χ3v) is 5.22. The van der Waals surface area contributed by atoms with E-state index >= 15 is 0 Å². The predicted octanol–water partition coefficient (Wildman–Crippen LogP) is 4.06. The van der Waals surface area contributed by atoms with Gasteiger partial charge in [-0.05, 0) is 54.6 Å². The van der Waals surface area contributed by atoms with Gasteiger partial charge in [-0.15, -0.1) is 10.2 Å². The average molecular weight is 392 g/mol. The molecule has 0 radical (unpaired) electrons. The Hall–Kier alpha value is -3.59. The number of methoxy groups -OCH3 is 1. The van der Waals surface area contributed by atoms with Crippen LogP contribution in [0.3, 0.4) is 0 Å². The van der Waals surface area contributed by atoms with Crippen molar-refractivity contribution in [2.45, 2.75) is 0 Å². The zero-order valence-corrected chi connectivity index (χ0v) is 15.4. The summed E-state index contributed by atoms with van der Waals surface area (Å²) in [6.07, 6.45) is 0. The zero-order chi connectivity index (χ0) is 19.1. The highest BCUT2D eigenvalue weighted by molar-refractivity contribution is 7.19. The van der Waals surface area contributed by atoms with Crippen molar-refractivity contribution in [3.05, 3.63) is 60.4 Å². The number of H-pyrrole nitrogens is 1. The van der Waals surface area contributed by atoms with Crippen LogP contribution < -0.4 is 4.74 Å². The van der Waals surface area contributed by atoms with Gasteiger partial charge in [-0.25, -0.2) is 4.39 Å². The number of halogens is 1. The normalized spacial score (nSPS) is 11.2. The highest BCUT2D eigenvalue weighted by atomic mass is 32.1. The smallest absolute Gasteiger partial charge is 0.235 e. The maximum atomic E-state index is 13.2. The lowest BCUT2D eigenvalue weighted by molar-refractivity contribution is 0.415. The van der Waals surface area contributed by atoms with Gasteiger partial charge in [-0.2, -0.15) is 14.7 Å². The summed E-state index contributed by atoms with van der Waals surface area (Å²) in [4.78, 5) is 0.648. The van der Waals surface area contributed by atoms with Gasteiger partial charge < -0.3 is 4.74 Å². The van der Waals surface area contributed by atoms with E-state index in [4.69, 9.17) is 4.74 Å². The first kappa shape index (κ1) is 16.6. The maximum absolute atomic E-state index is 13.2. The standard InChI is InChI=1S/C19H13FN6OS/c1-27-14-8-4-11(5-9-14)15-10-16(22-21-15)18-25-26-17(23-24-19(26)28-18)12-2-6-13(20)7-3-12/h2-10H,1H3,(H,21,22). The molecule has 0 saturated heterocycles. The van der Waals surface area contributed by atoms with E-state index in [1.807, 2.05) is 30.3 Å². The largest absolute Gasteiger partial charge is 0.497 e. The van der Waals surface area contributed by atoms with Gasteiger partial charge in [-0.1, -0.05) is 11.3 Å². The number of hydrogen-bond acceptors (Lipinski definition) is 6. The Morgan fingerprint density at radius 2 is 1.75 bits per heavy atom. The lowest BCUT2D eigenvalue weighted by Crippen LogP contribution is -1.91. The Bertz CT molecular complexity index is 1260. The number of benzene rings is 2. The Morgan fingerprint density at radius 1 is 1.00 bits per heavy atom. The van der Waals surface area contributed by atoms with Gasteiger partial charge in [0.05, 0.1) is 18.5 Å². The summed E-state index contributed by atoms with van der Waals surface area (Å²) >= 11 is 1.40. The molecule has 28 heavy (non-hydrogen) atoms. The molecule has 2 aromatic carbocycles. The predicted molar refractivity (Wildman–Crippen MR) is 104 cm³/mol. The molecule has 0 bridgehead atoms. The number of nitrogens with one attached hydrogen (secondary N) is 1. The minimum atomic E-state index is -0.299. The number of nitrogens with zero attached hydrogens (tertiary/aromatic N) is 5. The Morgan fingerprint density at radius 3 is 2.50 bits per heavy atom. The van der Waals surface area contributed by atoms with E-state index in [1.54, 1.807) is 23.8 Å². The van der Waals surface area contributed by atoms with E-state index in [1.165, 1.54) is 23.5 Å². The molecule has 5 rings (SSSR count). The van der Waals surface area contributed by atoms with Gasteiger partial charge in [0.1, 0.15) is 11.6 Å². The molecule has 0 saturated carbocycles. The zero-order valence-electron chi connectivity index (χ0n) is 14.6. The average Bonchev–Trinajstić information content (AvgIpc) is 3.44. The highest BCUT2D eigenvalue weighted by Crippen LogP contribution is 2.29. The Kier molecular flexibility index (Phi) is 3.87. The van der Waals surface area contributed by atoms with Crippen LogP contribution in [0.4, 0.5) is 4.39 Å². The van der Waals surface area contributed by atoms with Gasteiger partial charge in [0, 0.05) is 11.1 Å². The maximum Gasteiger partial charge on any atom is 0.235 e. The number of ether oxygens (including phenoxy) is 1. The van der Waals surface area contributed by atoms with Crippen LogP contribution >= 0.6 is 11.3 Å². The number of fused-ring (bicyclic) bond motifs is 1. The number of hydrogen-bond donors (Lipinski definition) is 1. The monoisotopic (exact) mass is 392 g/mol. The molecule has 0 fully saturated rings. The van der Waals surface area contributed by atoms with E-state index in [-0.39, 0.29) is 5.82 Å². The van der Waals surface area contributed by atoms with Crippen molar-refractivity contribution < 1.29 is 9.13 Å². The summed E-state index contributed by atoms with van der Waals surface area (Å²) < 4.78 is 20.0. The number of rotatable bonds is 4. The van der Waals surface area contributed by atoms with Gasteiger partial charge in [0.25, 0.3) is 0 Å². The van der Waals surface area contributed by atoms with Crippen molar-refractivity contribution >= 4 is 16.3 Å². The molecule has 0 spiro atoms. The van der Waals surface area contributed by atoms with Crippen LogP contribution in [0.25, 0.3) is 38.3 Å². The molecule has 0 amide bonds. The molecule has 0 unspecified atom stereocenters. The summed E-state index contributed by atoms with van der Waals surface area (Å²) in [5, 5.41) is 21.1. The first-order valence-electron chi connectivity index (χ1n) is 8.39. The minimum absolute atomic E-state index is 0.299. The van der Waals surface area contributed by atoms with Gasteiger partial charge >= 0.3 is 0 Å². The molecule has 138 valence electrons. The van der Waals surface area contributed by atoms with E-state index in [0.717, 1.165) is 33.3 Å². The molecular weight excluding hydrogens is 379 g/mol. The lowest BCUT2D eigenvalue weighted by atomic mass is 10.1. The molecule has 3 aromatic heterocycles. The van der Waals surface area contributed by atoms with E-state index in [2.05, 4.69) is 25.5 Å². The molecule has 3 heterocycles. The molecule has 0 aliphatic carbocycles. The van der Waals surface area contributed by atoms with E-state index < -0.39 is 0 Å². The van der Waals surface area contributed by atoms with Crippen molar-refractivity contribution in [3.63, 3.8) is 0 Å². The number of aromatic amines is 1. The van der Waals surface area contributed by atoms with Crippen LogP contribution in [-0.4, -0.2) is 37.1 Å². The summed E-state index contributed by atoms with van der Waals surface area (Å²) in [5.41, 5.74) is 3.31. The second kappa shape index (κ2) is 6.54. The molecule has 9 heteroatoms. The first-order valence-corrected chi connectivity index (χ1v) is 9.21. The number of aromatic nitrogens is 6. The molecule has 5 aromatic rings. The minimum Gasteiger partial charge on any atom is -0.497 e. The highest BCUT2D eigenvalue weighted by Gasteiger charge is 2.16. The van der Waals surface area contributed by atoms with Crippen molar-refractivity contribution in [1.82, 2.24) is 30.0 Å². The van der Waals surface area contributed by atoms with Crippen LogP contribution in [0.15, 0.2) is 54.6 Å². The quantitative estimate of drug-likeness (QED) is 0.499. The summed E-state index contributed by atoms with van der Waals surface area (Å²) in [7, 11) is 1.63. The molecule has 0 atom stereocenters. The van der Waals surface area contributed by atoms with Crippen molar-refractivity contribution in [1.29, 1.82) is 0 Å². The van der Waals surface area contributed by atoms with Gasteiger partial charge in [0.15, 0.2) is 10.8 Å². The third kappa shape index (κ3) is 2.81. The fraction of sp³-hybridized carbons (Fsp3) is 0.0526. The first-order chi connectivity index (χ1) is 13.7. The SMILES string of the molecule is COc1ccc(-c2cc(-c3nn4c(-c5ccc(F)cc5)nnc4s3)[nH]n2)cc1. The lowest BCUT2D eigenvalue weighted by Gasteiger charge is -1.99. The van der Waals surface area contributed by atoms with E-state index in [0.29, 0.717) is 10.8 Å². The van der Waals surface area contributed by atoms with Crippen LogP contribution in [0.1, 0.15) is 0 Å². The molecule has 0 aliphatic rings. The summed E-state index contributed by atoms with van der Waals surface area (Å²) in [5.74, 6) is 1.06. The van der Waals surface area contributed by atoms with Crippen LogP contribution in [-0.2, 0) is 0 Å². The fourth-order valence-electron chi connectivity index (χ4n) is 2.85. The third-order valence-electron chi connectivity index (χ3n) is 4.29. The van der Waals surface area contributed by atoms with Crippen LogP contribution in [0.2, 0.25) is 0 Å². The van der Waals surface area contributed by atoms with E-state index in [9.17, 15) is 4.39 Å². The molecular formula is C19H13FN6OS. The van der Waals surface area contributed by atoms with Gasteiger partial charge in [0.2, 0.25) is 4.96 Å². The van der Waals surface area contributed by atoms with Crippen molar-refractivity contribution in [3.8, 4) is 39.1 Å². The molecule has 7 nitrogen and oxygen atoms in total. The Labute approximate surface area is 162 Å². The van der Waals surface area contributed by atoms with Gasteiger partial charge in [-0.3, -0.25) is 5.10 Å². The second-order valence-corrected chi connectivity index (χ2v) is 6.98.